The molecule has 0 spiro atoms. The topological polar surface area (TPSA) is 77.6 Å². The molecule has 2 heterocycles. The second-order valence-corrected chi connectivity index (χ2v) is 6.38. The molecule has 0 N–H and O–H groups in total. The van der Waals surface area contributed by atoms with Crippen molar-refractivity contribution in [3.63, 3.8) is 0 Å². The number of ether oxygens (including phenoxy) is 1. The molecule has 3 rings (SSSR count). The van der Waals surface area contributed by atoms with Crippen LogP contribution in [-0.4, -0.2) is 34.7 Å². The highest BCUT2D eigenvalue weighted by Crippen LogP contribution is 2.21. The monoisotopic (exact) mass is 359 g/mol. The minimum atomic E-state index is -0.644. The lowest BCUT2D eigenvalue weighted by Gasteiger charge is -2.17. The summed E-state index contributed by atoms with van der Waals surface area (Å²) in [5.74, 6) is 0.272. The quantitative estimate of drug-likeness (QED) is 0.674. The van der Waals surface area contributed by atoms with E-state index in [9.17, 15) is 9.59 Å². The summed E-state index contributed by atoms with van der Waals surface area (Å²) in [7, 11) is 3.29. The number of likely N-dealkylation sites (N-methyl/N-ethyl adjacent to an activating group) is 1. The Kier molecular flexibility index (Phi) is 4.99. The van der Waals surface area contributed by atoms with E-state index in [0.29, 0.717) is 12.4 Å². The van der Waals surface area contributed by atoms with Crippen molar-refractivity contribution >= 4 is 17.2 Å². The molecule has 0 aliphatic carbocycles. The highest BCUT2D eigenvalue weighted by atomic mass is 32.1. The molecule has 0 radical (unpaired) electrons. The molecule has 0 saturated carbocycles. The van der Waals surface area contributed by atoms with Gasteiger partial charge in [0.1, 0.15) is 12.3 Å². The van der Waals surface area contributed by atoms with Gasteiger partial charge >= 0.3 is 5.76 Å². The first kappa shape index (κ1) is 17.0. The average Bonchev–Trinajstić information content (AvgIpc) is 3.26. The van der Waals surface area contributed by atoms with Crippen molar-refractivity contribution in [3.05, 3.63) is 57.9 Å². The Morgan fingerprint density at radius 2 is 2.08 bits per heavy atom. The first-order valence-electron chi connectivity index (χ1n) is 7.56. The summed E-state index contributed by atoms with van der Waals surface area (Å²) in [4.78, 5) is 26.7. The van der Waals surface area contributed by atoms with Crippen molar-refractivity contribution < 1.29 is 14.1 Å². The van der Waals surface area contributed by atoms with Gasteiger partial charge < -0.3 is 9.64 Å². The van der Waals surface area contributed by atoms with Crippen LogP contribution in [0.2, 0.25) is 0 Å². The summed E-state index contributed by atoms with van der Waals surface area (Å²) in [5.41, 5.74) is 0.966. The Bertz CT molecular complexity index is 897. The number of hydrogen-bond acceptors (Lipinski definition) is 6. The number of nitrogens with zero attached hydrogens (tertiary/aromatic N) is 3. The fourth-order valence-corrected chi connectivity index (χ4v) is 3.05. The van der Waals surface area contributed by atoms with E-state index in [-0.39, 0.29) is 12.5 Å². The largest absolute Gasteiger partial charge is 0.497 e. The van der Waals surface area contributed by atoms with Crippen LogP contribution in [0.1, 0.15) is 5.56 Å². The normalized spacial score (nSPS) is 10.6. The number of hydrogen-bond donors (Lipinski definition) is 0. The molecule has 0 fully saturated rings. The third-order valence-corrected chi connectivity index (χ3v) is 4.59. The maximum atomic E-state index is 12.5. The summed E-state index contributed by atoms with van der Waals surface area (Å²) in [5, 5.41) is 5.65. The van der Waals surface area contributed by atoms with Gasteiger partial charge in [0.05, 0.1) is 12.0 Å². The lowest BCUT2D eigenvalue weighted by Crippen LogP contribution is -2.32. The molecule has 1 amide bonds. The number of amides is 1. The summed E-state index contributed by atoms with van der Waals surface area (Å²) in [6.45, 7) is 0.305. The average molecular weight is 359 g/mol. The van der Waals surface area contributed by atoms with Gasteiger partial charge in [-0.05, 0) is 29.1 Å². The highest BCUT2D eigenvalue weighted by molar-refractivity contribution is 7.13. The predicted octanol–water partition coefficient (Wildman–Crippen LogP) is 2.23. The van der Waals surface area contributed by atoms with Gasteiger partial charge in [-0.15, -0.1) is 11.3 Å². The smallest absolute Gasteiger partial charge is 0.442 e. The number of benzene rings is 1. The Morgan fingerprint density at radius 3 is 2.72 bits per heavy atom. The van der Waals surface area contributed by atoms with Gasteiger partial charge in [-0.1, -0.05) is 23.4 Å². The van der Waals surface area contributed by atoms with Gasteiger partial charge in [0.15, 0.2) is 5.82 Å². The molecule has 25 heavy (non-hydrogen) atoms. The predicted molar refractivity (Wildman–Crippen MR) is 93.5 cm³/mol. The molecule has 0 saturated heterocycles. The number of thiophene rings is 1. The molecule has 3 aromatic rings. The van der Waals surface area contributed by atoms with Crippen LogP contribution in [0.5, 0.6) is 5.75 Å². The van der Waals surface area contributed by atoms with Gasteiger partial charge in [-0.3, -0.25) is 9.32 Å². The van der Waals surface area contributed by atoms with E-state index in [0.717, 1.165) is 16.2 Å². The maximum Gasteiger partial charge on any atom is 0.442 e. The van der Waals surface area contributed by atoms with Crippen molar-refractivity contribution in [3.8, 4) is 16.5 Å². The molecular weight excluding hydrogens is 342 g/mol. The SMILES string of the molecule is COc1ccc(CN(C)C(=O)Cn2c(-c3cccs3)noc2=O)cc1. The zero-order chi connectivity index (χ0) is 17.8. The second-order valence-electron chi connectivity index (χ2n) is 5.43. The Morgan fingerprint density at radius 1 is 1.32 bits per heavy atom. The molecule has 0 aliphatic heterocycles. The van der Waals surface area contributed by atoms with Crippen LogP contribution in [-0.2, 0) is 17.9 Å². The molecule has 1 aromatic carbocycles. The molecule has 7 nitrogen and oxygen atoms in total. The van der Waals surface area contributed by atoms with E-state index in [2.05, 4.69) is 5.16 Å². The number of rotatable bonds is 6. The molecule has 0 atom stereocenters. The fraction of sp³-hybridized carbons (Fsp3) is 0.235. The Labute approximate surface area is 148 Å². The molecule has 0 unspecified atom stereocenters. The summed E-state index contributed by atoms with van der Waals surface area (Å²) < 4.78 is 11.1. The zero-order valence-corrected chi connectivity index (χ0v) is 14.7. The van der Waals surface area contributed by atoms with E-state index >= 15 is 0 Å². The number of methoxy groups -OCH3 is 1. The minimum absolute atomic E-state index is 0.123. The lowest BCUT2D eigenvalue weighted by atomic mass is 10.2. The fourth-order valence-electron chi connectivity index (χ4n) is 2.34. The minimum Gasteiger partial charge on any atom is -0.497 e. The van der Waals surface area contributed by atoms with E-state index in [1.165, 1.54) is 15.9 Å². The van der Waals surface area contributed by atoms with E-state index in [4.69, 9.17) is 9.26 Å². The van der Waals surface area contributed by atoms with Crippen LogP contribution in [0, 0.1) is 0 Å². The van der Waals surface area contributed by atoms with Crippen molar-refractivity contribution in [2.75, 3.05) is 14.2 Å². The van der Waals surface area contributed by atoms with Gasteiger partial charge in [0, 0.05) is 13.6 Å². The second kappa shape index (κ2) is 7.35. The van der Waals surface area contributed by atoms with Gasteiger partial charge in [-0.25, -0.2) is 9.36 Å². The summed E-state index contributed by atoms with van der Waals surface area (Å²) in [6, 6.07) is 11.1. The maximum absolute atomic E-state index is 12.5. The first-order chi connectivity index (χ1) is 12.1. The molecule has 2 aromatic heterocycles. The third-order valence-electron chi connectivity index (χ3n) is 3.73. The van der Waals surface area contributed by atoms with Crippen LogP contribution in [0.15, 0.2) is 51.1 Å². The zero-order valence-electron chi connectivity index (χ0n) is 13.8. The van der Waals surface area contributed by atoms with Gasteiger partial charge in [0.2, 0.25) is 5.91 Å². The van der Waals surface area contributed by atoms with Crippen LogP contribution < -0.4 is 10.5 Å². The molecular formula is C17H17N3O4S. The van der Waals surface area contributed by atoms with Crippen LogP contribution in [0.25, 0.3) is 10.7 Å². The van der Waals surface area contributed by atoms with Crippen LogP contribution in [0.3, 0.4) is 0 Å². The van der Waals surface area contributed by atoms with Crippen molar-refractivity contribution in [2.45, 2.75) is 13.1 Å². The van der Waals surface area contributed by atoms with Gasteiger partial charge in [-0.2, -0.15) is 0 Å². The van der Waals surface area contributed by atoms with Crippen molar-refractivity contribution in [2.24, 2.45) is 0 Å². The van der Waals surface area contributed by atoms with E-state index < -0.39 is 5.76 Å². The van der Waals surface area contributed by atoms with Gasteiger partial charge in [0.25, 0.3) is 0 Å². The standard InChI is InChI=1S/C17H17N3O4S/c1-19(10-12-5-7-13(23-2)8-6-12)15(21)11-20-16(18-24-17(20)22)14-4-3-9-25-14/h3-9H,10-11H2,1-2H3. The lowest BCUT2D eigenvalue weighted by molar-refractivity contribution is -0.131. The number of carbonyl (C=O) groups is 1. The molecule has 0 bridgehead atoms. The summed E-state index contributed by atoms with van der Waals surface area (Å²) >= 11 is 1.43. The first-order valence-corrected chi connectivity index (χ1v) is 8.43. The van der Waals surface area contributed by atoms with Crippen LogP contribution >= 0.6 is 11.3 Å². The van der Waals surface area contributed by atoms with E-state index in [1.54, 1.807) is 19.1 Å². The third kappa shape index (κ3) is 3.80. The van der Waals surface area contributed by atoms with E-state index in [1.807, 2.05) is 41.8 Å². The molecule has 8 heteroatoms. The Balaban J connectivity index is 1.71. The van der Waals surface area contributed by atoms with Crippen LogP contribution in [0.4, 0.5) is 0 Å². The van der Waals surface area contributed by atoms with Crippen molar-refractivity contribution in [1.29, 1.82) is 0 Å². The van der Waals surface area contributed by atoms with Crippen molar-refractivity contribution in [1.82, 2.24) is 14.6 Å². The summed E-state index contributed by atoms with van der Waals surface area (Å²) in [6.07, 6.45) is 0. The number of aromatic nitrogens is 2. The highest BCUT2D eigenvalue weighted by Gasteiger charge is 2.18. The molecule has 130 valence electrons. The molecule has 0 aliphatic rings. The Hall–Kier alpha value is -2.87. The number of carbonyl (C=O) groups excluding carboxylic acids is 1.